The first-order valence-electron chi connectivity index (χ1n) is 7.75. The second-order valence-electron chi connectivity index (χ2n) is 4.99. The maximum absolute atomic E-state index is 7.57. The standard InChI is InChI=1S/C18H24N2/c1-4-20(5-2)18-10-7-16(8-11-18)6-9-17-12-13-19-14-15(17)3/h6-13,19H,4-5,14H2,1-3H3/b9-6+/i/hD. The molecule has 0 atom stereocenters. The van der Waals surface area contributed by atoms with Crippen molar-refractivity contribution in [3.05, 3.63) is 59.3 Å². The molecule has 0 spiro atoms. The Balaban J connectivity index is 2.09. The minimum Gasteiger partial charge on any atom is -0.387 e. The lowest BCUT2D eigenvalue weighted by Crippen LogP contribution is -2.21. The lowest BCUT2D eigenvalue weighted by molar-refractivity contribution is 0.866. The van der Waals surface area contributed by atoms with Crippen molar-refractivity contribution >= 4 is 11.8 Å². The zero-order valence-electron chi connectivity index (χ0n) is 13.6. The third kappa shape index (κ3) is 3.53. The molecule has 1 heterocycles. The maximum atomic E-state index is 7.57. The number of hydrogen-bond acceptors (Lipinski definition) is 2. The van der Waals surface area contributed by atoms with Gasteiger partial charge in [-0.25, -0.2) is 0 Å². The maximum Gasteiger partial charge on any atom is 0.160 e. The molecule has 2 heteroatoms. The van der Waals surface area contributed by atoms with Gasteiger partial charge in [-0.2, -0.15) is 0 Å². The predicted molar refractivity (Wildman–Crippen MR) is 88.9 cm³/mol. The number of nitrogens with one attached hydrogen (secondary N) is 1. The van der Waals surface area contributed by atoms with E-state index in [1.54, 1.807) is 6.20 Å². The fourth-order valence-corrected chi connectivity index (χ4v) is 2.33. The van der Waals surface area contributed by atoms with Gasteiger partial charge in [0.25, 0.3) is 0 Å². The molecule has 0 saturated heterocycles. The topological polar surface area (TPSA) is 15.3 Å². The number of anilines is 1. The molecule has 0 amide bonds. The molecule has 0 radical (unpaired) electrons. The Morgan fingerprint density at radius 1 is 1.20 bits per heavy atom. The Hall–Kier alpha value is -1.96. The summed E-state index contributed by atoms with van der Waals surface area (Å²) in [4.78, 5) is 2.34. The average molecular weight is 269 g/mol. The summed E-state index contributed by atoms with van der Waals surface area (Å²) < 4.78 is 7.57. The van der Waals surface area contributed by atoms with Crippen LogP contribution in [-0.4, -0.2) is 19.6 Å². The number of dihydropyridines is 1. The summed E-state index contributed by atoms with van der Waals surface area (Å²) >= 11 is 0. The van der Waals surface area contributed by atoms with Crippen molar-refractivity contribution in [3.8, 4) is 0 Å². The third-order valence-electron chi connectivity index (χ3n) is 3.66. The fraction of sp³-hybridized carbons (Fsp3) is 0.333. The molecule has 0 saturated carbocycles. The van der Waals surface area contributed by atoms with Crippen LogP contribution in [0.1, 0.15) is 26.3 Å². The number of nitrogens with zero attached hydrogens (tertiary/aromatic N) is 1. The summed E-state index contributed by atoms with van der Waals surface area (Å²) in [5, 5.41) is 1.45. The van der Waals surface area contributed by atoms with E-state index in [0.29, 0.717) is 6.54 Å². The summed E-state index contributed by atoms with van der Waals surface area (Å²) in [6.07, 6.45) is 8.06. The molecule has 2 rings (SSSR count). The van der Waals surface area contributed by atoms with Gasteiger partial charge in [0.1, 0.15) is 0 Å². The van der Waals surface area contributed by atoms with E-state index < -0.39 is 0 Å². The Morgan fingerprint density at radius 3 is 2.50 bits per heavy atom. The highest BCUT2D eigenvalue weighted by Crippen LogP contribution is 2.17. The molecule has 0 unspecified atom stereocenters. The van der Waals surface area contributed by atoms with Crippen molar-refractivity contribution < 1.29 is 1.41 Å². The average Bonchev–Trinajstić information content (AvgIpc) is 2.49. The van der Waals surface area contributed by atoms with E-state index in [-0.39, 0.29) is 0 Å². The van der Waals surface area contributed by atoms with Crippen molar-refractivity contribution in [2.45, 2.75) is 20.8 Å². The van der Waals surface area contributed by atoms with Crippen LogP contribution < -0.4 is 10.2 Å². The normalized spacial score (nSPS) is 15.9. The molecule has 0 bridgehead atoms. The highest BCUT2D eigenvalue weighted by atomic mass is 15.1. The molecule has 0 aromatic heterocycles. The van der Waals surface area contributed by atoms with Crippen molar-refractivity contribution in [2.24, 2.45) is 0 Å². The second kappa shape index (κ2) is 6.99. The van der Waals surface area contributed by atoms with Crippen molar-refractivity contribution in [1.29, 1.82) is 0 Å². The van der Waals surface area contributed by atoms with Crippen LogP contribution in [-0.2, 0) is 0 Å². The minimum atomic E-state index is 0.678. The smallest absolute Gasteiger partial charge is 0.160 e. The summed E-state index contributed by atoms with van der Waals surface area (Å²) in [7, 11) is 0. The van der Waals surface area contributed by atoms with Crippen LogP contribution in [0.4, 0.5) is 5.69 Å². The van der Waals surface area contributed by atoms with Gasteiger partial charge in [-0.05, 0) is 61.9 Å². The van der Waals surface area contributed by atoms with Gasteiger partial charge in [0.15, 0.2) is 1.41 Å². The monoisotopic (exact) mass is 269 g/mol. The Labute approximate surface area is 124 Å². The zero-order chi connectivity index (χ0) is 15.2. The first-order valence-corrected chi connectivity index (χ1v) is 7.30. The molecule has 0 aliphatic carbocycles. The first-order chi connectivity index (χ1) is 10.1. The molecular formula is C18H24N2. The zero-order valence-corrected chi connectivity index (χ0v) is 12.6. The van der Waals surface area contributed by atoms with Crippen LogP contribution in [0.3, 0.4) is 0 Å². The van der Waals surface area contributed by atoms with Gasteiger partial charge in [0.2, 0.25) is 0 Å². The molecular weight excluding hydrogens is 244 g/mol. The van der Waals surface area contributed by atoms with Crippen molar-refractivity contribution in [3.63, 3.8) is 0 Å². The van der Waals surface area contributed by atoms with Gasteiger partial charge >= 0.3 is 0 Å². The van der Waals surface area contributed by atoms with Crippen LogP contribution in [0.2, 0.25) is 1.41 Å². The van der Waals surface area contributed by atoms with E-state index in [2.05, 4.69) is 62.1 Å². The van der Waals surface area contributed by atoms with Gasteiger partial charge in [-0.15, -0.1) is 0 Å². The number of rotatable bonds is 5. The molecule has 2 nitrogen and oxygen atoms in total. The molecule has 20 heavy (non-hydrogen) atoms. The quantitative estimate of drug-likeness (QED) is 0.870. The van der Waals surface area contributed by atoms with Crippen LogP contribution in [0, 0.1) is 0 Å². The lowest BCUT2D eigenvalue weighted by Gasteiger charge is -2.20. The van der Waals surface area contributed by atoms with E-state index >= 15 is 0 Å². The van der Waals surface area contributed by atoms with Gasteiger partial charge in [-0.1, -0.05) is 24.3 Å². The van der Waals surface area contributed by atoms with E-state index in [9.17, 15) is 0 Å². The largest absolute Gasteiger partial charge is 0.387 e. The van der Waals surface area contributed by atoms with E-state index in [0.717, 1.165) is 13.1 Å². The van der Waals surface area contributed by atoms with Gasteiger partial charge in [0, 0.05) is 25.3 Å². The van der Waals surface area contributed by atoms with Crippen LogP contribution >= 0.6 is 0 Å². The predicted octanol–water partition coefficient (Wildman–Crippen LogP) is 3.98. The van der Waals surface area contributed by atoms with Crippen LogP contribution in [0.15, 0.2) is 53.8 Å². The Morgan fingerprint density at radius 2 is 1.90 bits per heavy atom. The van der Waals surface area contributed by atoms with E-state index in [4.69, 9.17) is 1.41 Å². The number of allylic oxidation sites excluding steroid dienone is 3. The van der Waals surface area contributed by atoms with Gasteiger partial charge < -0.3 is 10.2 Å². The van der Waals surface area contributed by atoms with Crippen LogP contribution in [0.5, 0.6) is 0 Å². The third-order valence-corrected chi connectivity index (χ3v) is 3.66. The fourth-order valence-electron chi connectivity index (χ4n) is 2.33. The molecule has 1 aromatic rings. The van der Waals surface area contributed by atoms with E-state index in [1.807, 2.05) is 6.08 Å². The summed E-state index contributed by atoms with van der Waals surface area (Å²) in [5.74, 6) is 0. The molecule has 1 aliphatic rings. The molecule has 106 valence electrons. The van der Waals surface area contributed by atoms with Gasteiger partial charge in [-0.3, -0.25) is 0 Å². The number of hydrogen-bond donors (Lipinski definition) is 1. The minimum absolute atomic E-state index is 0.678. The van der Waals surface area contributed by atoms with E-state index in [1.165, 1.54) is 27.7 Å². The highest BCUT2D eigenvalue weighted by molar-refractivity contribution is 5.59. The summed E-state index contributed by atoms with van der Waals surface area (Å²) in [6, 6.07) is 8.67. The molecule has 1 aromatic carbocycles. The van der Waals surface area contributed by atoms with Crippen molar-refractivity contribution in [1.82, 2.24) is 5.31 Å². The SMILES string of the molecule is [2H]N1C=CC(/C=C/c2ccc(N(CC)CC)cc2)=C(C)C1. The lowest BCUT2D eigenvalue weighted by atomic mass is 10.1. The summed E-state index contributed by atoms with van der Waals surface area (Å²) in [6.45, 7) is 9.18. The Bertz CT molecular complexity index is 551. The second-order valence-corrected chi connectivity index (χ2v) is 4.99. The highest BCUT2D eigenvalue weighted by Gasteiger charge is 2.01. The summed E-state index contributed by atoms with van der Waals surface area (Å²) in [5.41, 5.74) is 4.90. The van der Waals surface area contributed by atoms with Crippen LogP contribution in [0.25, 0.3) is 6.08 Å². The van der Waals surface area contributed by atoms with Gasteiger partial charge in [0.05, 0.1) is 0 Å². The van der Waals surface area contributed by atoms with Crippen molar-refractivity contribution in [2.75, 3.05) is 24.5 Å². The first kappa shape index (κ1) is 13.0. The molecule has 0 fully saturated rings. The molecule has 1 aliphatic heterocycles. The number of benzene rings is 1. The molecule has 1 N–H and O–H groups in total. The Kier molecular flexibility index (Phi) is 4.56.